The van der Waals surface area contributed by atoms with Gasteiger partial charge in [-0.2, -0.15) is 0 Å². The molecule has 216 valence electrons. The Kier molecular flexibility index (Phi) is 7.51. The van der Waals surface area contributed by atoms with Crippen LogP contribution >= 0.6 is 11.6 Å². The second-order valence-corrected chi connectivity index (χ2v) is 12.8. The van der Waals surface area contributed by atoms with E-state index in [0.29, 0.717) is 30.3 Å². The molecule has 1 amide bonds. The van der Waals surface area contributed by atoms with Crippen LogP contribution in [0.5, 0.6) is 0 Å². The number of aromatic nitrogens is 1. The van der Waals surface area contributed by atoms with Gasteiger partial charge in [0.25, 0.3) is 21.5 Å². The fourth-order valence-corrected chi connectivity index (χ4v) is 7.13. The van der Waals surface area contributed by atoms with Crippen molar-refractivity contribution in [2.24, 2.45) is 5.92 Å². The highest BCUT2D eigenvalue weighted by atomic mass is 35.5. The summed E-state index contributed by atoms with van der Waals surface area (Å²) in [5.41, 5.74) is 2.81. The average Bonchev–Trinajstić information content (AvgIpc) is 2.97. The van der Waals surface area contributed by atoms with E-state index in [9.17, 15) is 22.4 Å². The van der Waals surface area contributed by atoms with Crippen molar-refractivity contribution in [3.63, 3.8) is 0 Å². The fraction of sp³-hybridized carbons (Fsp3) is 0.226. The number of piperidine rings is 1. The number of carbonyl (C=O) groups excluding carboxylic acids is 1. The lowest BCUT2D eigenvalue weighted by Gasteiger charge is -2.44. The molecule has 1 fully saturated rings. The number of amides is 1. The van der Waals surface area contributed by atoms with E-state index >= 15 is 0 Å². The van der Waals surface area contributed by atoms with E-state index in [1.165, 1.54) is 18.2 Å². The number of nitrogens with zero attached hydrogens (tertiary/aromatic N) is 2. The topological polar surface area (TPSA) is 101 Å². The van der Waals surface area contributed by atoms with Gasteiger partial charge < -0.3 is 14.8 Å². The van der Waals surface area contributed by atoms with Crippen molar-refractivity contribution in [1.29, 1.82) is 0 Å². The molecule has 8 nitrogen and oxygen atoms in total. The molecule has 1 saturated heterocycles. The Hall–Kier alpha value is -4.15. The lowest BCUT2D eigenvalue weighted by Crippen LogP contribution is -2.47. The second kappa shape index (κ2) is 11.3. The zero-order chi connectivity index (χ0) is 29.4. The van der Waals surface area contributed by atoms with Crippen LogP contribution in [0.3, 0.4) is 0 Å². The Bertz CT molecular complexity index is 1830. The molecule has 2 aliphatic rings. The Balaban J connectivity index is 1.33. The first-order chi connectivity index (χ1) is 20.2. The van der Waals surface area contributed by atoms with Gasteiger partial charge in [0.05, 0.1) is 16.3 Å². The van der Waals surface area contributed by atoms with Crippen LogP contribution in [-0.4, -0.2) is 32.0 Å². The van der Waals surface area contributed by atoms with Crippen LogP contribution in [0.15, 0.2) is 94.6 Å². The van der Waals surface area contributed by atoms with Gasteiger partial charge in [0.2, 0.25) is 0 Å². The van der Waals surface area contributed by atoms with E-state index in [0.717, 1.165) is 29.8 Å². The van der Waals surface area contributed by atoms with Gasteiger partial charge in [0, 0.05) is 54.4 Å². The van der Waals surface area contributed by atoms with Crippen LogP contribution in [0.25, 0.3) is 0 Å². The lowest BCUT2D eigenvalue weighted by atomic mass is 9.83. The summed E-state index contributed by atoms with van der Waals surface area (Å²) in [6.45, 7) is 1.97. The molecule has 6 rings (SSSR count). The summed E-state index contributed by atoms with van der Waals surface area (Å²) >= 11 is 6.23. The predicted molar refractivity (Wildman–Crippen MR) is 160 cm³/mol. The van der Waals surface area contributed by atoms with E-state index < -0.39 is 21.7 Å². The van der Waals surface area contributed by atoms with E-state index in [1.54, 1.807) is 36.4 Å². The Morgan fingerprint density at radius 3 is 2.52 bits per heavy atom. The number of hydrogen-bond acceptors (Lipinski definition) is 5. The summed E-state index contributed by atoms with van der Waals surface area (Å²) in [6.07, 6.45) is 0.930. The van der Waals surface area contributed by atoms with Crippen LogP contribution in [0, 0.1) is 11.7 Å². The smallest absolute Gasteiger partial charge is 0.261 e. The van der Waals surface area contributed by atoms with Crippen molar-refractivity contribution in [1.82, 2.24) is 9.88 Å². The maximum Gasteiger partial charge on any atom is 0.261 e. The first-order valence-electron chi connectivity index (χ1n) is 13.6. The average molecular weight is 607 g/mol. The number of fused-ring (bicyclic) bond motifs is 4. The molecule has 3 aromatic carbocycles. The van der Waals surface area contributed by atoms with Crippen molar-refractivity contribution in [3.05, 3.63) is 123 Å². The standard InChI is InChI=1S/C31H28ClFN4O4S/c32-26-5-2-1-4-22(26)16-34-31(39)21-8-13-29(27(15-21)35-42(40,41)25-11-9-24(33)10-12-25)36-17-20-14-23(19-36)28-6-3-7-30(38)37(28)18-20/h1-13,15,20,23,35H,14,16-19H2,(H,34,39). The van der Waals surface area contributed by atoms with E-state index in [1.807, 2.05) is 22.8 Å². The number of carbonyl (C=O) groups is 1. The summed E-state index contributed by atoms with van der Waals surface area (Å²) in [6, 6.07) is 22.0. The highest BCUT2D eigenvalue weighted by molar-refractivity contribution is 7.92. The van der Waals surface area contributed by atoms with Gasteiger partial charge in [0.1, 0.15) is 5.82 Å². The molecule has 2 atom stereocenters. The summed E-state index contributed by atoms with van der Waals surface area (Å²) in [4.78, 5) is 27.6. The van der Waals surface area contributed by atoms with E-state index in [4.69, 9.17) is 11.6 Å². The molecule has 4 aromatic rings. The second-order valence-electron chi connectivity index (χ2n) is 10.7. The van der Waals surface area contributed by atoms with Gasteiger partial charge in [0.15, 0.2) is 0 Å². The SMILES string of the molecule is O=C(NCc1ccccc1Cl)c1ccc(N2CC3CC(C2)c2cccc(=O)n2C3)c(NS(=O)(=O)c2ccc(F)cc2)c1. The maximum absolute atomic E-state index is 13.5. The molecule has 0 spiro atoms. The third-order valence-corrected chi connectivity index (χ3v) is 9.59. The van der Waals surface area contributed by atoms with Crippen LogP contribution in [0.1, 0.15) is 34.0 Å². The quantitative estimate of drug-likeness (QED) is 0.309. The largest absolute Gasteiger partial charge is 0.369 e. The summed E-state index contributed by atoms with van der Waals surface area (Å²) in [5, 5.41) is 3.37. The zero-order valence-electron chi connectivity index (χ0n) is 22.5. The number of anilines is 2. The first-order valence-corrected chi connectivity index (χ1v) is 15.4. The number of benzene rings is 3. The van der Waals surface area contributed by atoms with Crippen molar-refractivity contribution in [3.8, 4) is 0 Å². The van der Waals surface area contributed by atoms with Crippen LogP contribution in [0.4, 0.5) is 15.8 Å². The lowest BCUT2D eigenvalue weighted by molar-refractivity contribution is 0.0951. The summed E-state index contributed by atoms with van der Waals surface area (Å²) in [7, 11) is -4.11. The molecule has 0 radical (unpaired) electrons. The van der Waals surface area contributed by atoms with Gasteiger partial charge in [-0.1, -0.05) is 35.9 Å². The first kappa shape index (κ1) is 28.0. The minimum Gasteiger partial charge on any atom is -0.369 e. The molecule has 11 heteroatoms. The summed E-state index contributed by atoms with van der Waals surface area (Å²) in [5.74, 6) is -0.665. The highest BCUT2D eigenvalue weighted by Gasteiger charge is 2.35. The monoisotopic (exact) mass is 606 g/mol. The van der Waals surface area contributed by atoms with Crippen molar-refractivity contribution >= 4 is 38.9 Å². The molecule has 42 heavy (non-hydrogen) atoms. The normalized spacial score (nSPS) is 17.8. The molecule has 1 aromatic heterocycles. The number of rotatable bonds is 7. The number of hydrogen-bond donors (Lipinski definition) is 2. The number of pyridine rings is 1. The Morgan fingerprint density at radius 2 is 1.74 bits per heavy atom. The molecule has 3 heterocycles. The third kappa shape index (κ3) is 5.64. The Labute approximate surface area is 247 Å². The van der Waals surface area contributed by atoms with Gasteiger partial charge in [-0.3, -0.25) is 14.3 Å². The molecule has 0 aliphatic carbocycles. The zero-order valence-corrected chi connectivity index (χ0v) is 24.0. The van der Waals surface area contributed by atoms with Gasteiger partial charge >= 0.3 is 0 Å². The van der Waals surface area contributed by atoms with Gasteiger partial charge in [-0.15, -0.1) is 0 Å². The van der Waals surface area contributed by atoms with E-state index in [2.05, 4.69) is 14.9 Å². The molecular weight excluding hydrogens is 579 g/mol. The number of sulfonamides is 1. The Morgan fingerprint density at radius 1 is 0.952 bits per heavy atom. The maximum atomic E-state index is 13.5. The predicted octanol–water partition coefficient (Wildman–Crippen LogP) is 5.00. The third-order valence-electron chi connectivity index (χ3n) is 7.84. The molecule has 0 saturated carbocycles. The van der Waals surface area contributed by atoms with Crippen molar-refractivity contribution in [2.45, 2.75) is 30.3 Å². The summed E-state index contributed by atoms with van der Waals surface area (Å²) < 4.78 is 44.7. The van der Waals surface area contributed by atoms with E-state index in [-0.39, 0.29) is 40.1 Å². The fourth-order valence-electron chi connectivity index (χ4n) is 5.86. The number of halogens is 2. The molecular formula is C31H28ClFN4O4S. The highest BCUT2D eigenvalue weighted by Crippen LogP contribution is 2.39. The minimum atomic E-state index is -4.11. The van der Waals surface area contributed by atoms with Crippen molar-refractivity contribution in [2.75, 3.05) is 22.7 Å². The molecule has 2 unspecified atom stereocenters. The van der Waals surface area contributed by atoms with Crippen LogP contribution in [0.2, 0.25) is 5.02 Å². The van der Waals surface area contributed by atoms with Crippen molar-refractivity contribution < 1.29 is 17.6 Å². The molecule has 2 N–H and O–H groups in total. The van der Waals surface area contributed by atoms with Gasteiger partial charge in [-0.05, 0) is 72.5 Å². The number of nitrogens with one attached hydrogen (secondary N) is 2. The minimum absolute atomic E-state index is 0.0180. The molecule has 2 bridgehead atoms. The van der Waals surface area contributed by atoms with Gasteiger partial charge in [-0.25, -0.2) is 12.8 Å². The van der Waals surface area contributed by atoms with Crippen LogP contribution < -0.4 is 20.5 Å². The van der Waals surface area contributed by atoms with Crippen LogP contribution in [-0.2, 0) is 23.1 Å². The molecule has 2 aliphatic heterocycles.